The number of thiophene rings is 1. The van der Waals surface area contributed by atoms with Gasteiger partial charge in [0.05, 0.1) is 0 Å². The average Bonchev–Trinajstić information content (AvgIpc) is 2.96. The summed E-state index contributed by atoms with van der Waals surface area (Å²) in [6.07, 6.45) is 1.93. The topological polar surface area (TPSA) is 49.8 Å². The molecule has 0 unspecified atom stereocenters. The van der Waals surface area contributed by atoms with Crippen LogP contribution in [0.3, 0.4) is 0 Å². The lowest BCUT2D eigenvalue weighted by Crippen LogP contribution is -2.08. The summed E-state index contributed by atoms with van der Waals surface area (Å²) < 4.78 is 0. The van der Waals surface area contributed by atoms with Crippen molar-refractivity contribution >= 4 is 23.0 Å². The van der Waals surface area contributed by atoms with E-state index in [0.717, 1.165) is 43.4 Å². The molecule has 0 aromatic carbocycles. The number of aromatic nitrogens is 2. The highest BCUT2D eigenvalue weighted by Crippen LogP contribution is 2.14. The molecule has 0 saturated heterocycles. The third-order valence-electron chi connectivity index (χ3n) is 2.70. The van der Waals surface area contributed by atoms with Gasteiger partial charge in [-0.05, 0) is 28.8 Å². The highest BCUT2D eigenvalue weighted by atomic mass is 32.1. The highest BCUT2D eigenvalue weighted by Gasteiger charge is 2.03. The Balaban J connectivity index is 2.05. The summed E-state index contributed by atoms with van der Waals surface area (Å²) in [7, 11) is 0. The van der Waals surface area contributed by atoms with E-state index in [-0.39, 0.29) is 0 Å². The standard InChI is InChI=1S/C14H20N4S/c1-3-6-15-13-8-14(18-12(4-2)17-13)16-9-11-5-7-19-10-11/h5,7-8,10H,3-4,6,9H2,1-2H3,(H2,15,16,17,18). The quantitative estimate of drug-likeness (QED) is 0.812. The number of hydrogen-bond acceptors (Lipinski definition) is 5. The molecule has 5 heteroatoms. The molecule has 4 nitrogen and oxygen atoms in total. The Kier molecular flexibility index (Phi) is 5.15. The molecule has 0 amide bonds. The molecular weight excluding hydrogens is 256 g/mol. The van der Waals surface area contributed by atoms with Gasteiger partial charge in [-0.25, -0.2) is 9.97 Å². The summed E-state index contributed by atoms with van der Waals surface area (Å²) in [5, 5.41) is 10.9. The van der Waals surface area contributed by atoms with Crippen molar-refractivity contribution in [3.63, 3.8) is 0 Å². The second kappa shape index (κ2) is 7.09. The van der Waals surface area contributed by atoms with Crippen molar-refractivity contribution in [1.29, 1.82) is 0 Å². The van der Waals surface area contributed by atoms with E-state index >= 15 is 0 Å². The SMILES string of the molecule is CCCNc1cc(NCc2ccsc2)nc(CC)n1. The molecule has 0 aliphatic heterocycles. The zero-order valence-electron chi connectivity index (χ0n) is 11.4. The summed E-state index contributed by atoms with van der Waals surface area (Å²) in [5.41, 5.74) is 1.28. The van der Waals surface area contributed by atoms with Gasteiger partial charge in [0.2, 0.25) is 0 Å². The number of rotatable bonds is 7. The monoisotopic (exact) mass is 276 g/mol. The van der Waals surface area contributed by atoms with Crippen LogP contribution in [0.2, 0.25) is 0 Å². The summed E-state index contributed by atoms with van der Waals surface area (Å²) in [6, 6.07) is 4.09. The number of nitrogens with one attached hydrogen (secondary N) is 2. The zero-order valence-corrected chi connectivity index (χ0v) is 12.3. The van der Waals surface area contributed by atoms with Crippen molar-refractivity contribution in [3.05, 3.63) is 34.3 Å². The molecule has 0 bridgehead atoms. The van der Waals surface area contributed by atoms with Gasteiger partial charge in [-0.2, -0.15) is 11.3 Å². The van der Waals surface area contributed by atoms with E-state index in [1.807, 2.05) is 6.07 Å². The smallest absolute Gasteiger partial charge is 0.132 e. The van der Waals surface area contributed by atoms with Gasteiger partial charge in [0.15, 0.2) is 0 Å². The van der Waals surface area contributed by atoms with Crippen LogP contribution >= 0.6 is 11.3 Å². The zero-order chi connectivity index (χ0) is 13.5. The first-order valence-corrected chi connectivity index (χ1v) is 7.63. The Morgan fingerprint density at radius 1 is 1.16 bits per heavy atom. The fourth-order valence-electron chi connectivity index (χ4n) is 1.68. The first-order chi connectivity index (χ1) is 9.31. The molecule has 2 N–H and O–H groups in total. The van der Waals surface area contributed by atoms with E-state index in [4.69, 9.17) is 0 Å². The van der Waals surface area contributed by atoms with Crippen LogP contribution in [0, 0.1) is 0 Å². The first-order valence-electron chi connectivity index (χ1n) is 6.68. The predicted octanol–water partition coefficient (Wildman–Crippen LogP) is 3.53. The van der Waals surface area contributed by atoms with E-state index in [2.05, 4.69) is 51.3 Å². The Morgan fingerprint density at radius 2 is 1.95 bits per heavy atom. The summed E-state index contributed by atoms with van der Waals surface area (Å²) in [6.45, 7) is 5.95. The fourth-order valence-corrected chi connectivity index (χ4v) is 2.34. The van der Waals surface area contributed by atoms with Crippen LogP contribution in [0.15, 0.2) is 22.9 Å². The molecule has 0 atom stereocenters. The van der Waals surface area contributed by atoms with E-state index in [1.54, 1.807) is 11.3 Å². The van der Waals surface area contributed by atoms with Gasteiger partial charge in [0, 0.05) is 25.6 Å². The van der Waals surface area contributed by atoms with Gasteiger partial charge in [-0.1, -0.05) is 13.8 Å². The van der Waals surface area contributed by atoms with E-state index in [1.165, 1.54) is 5.56 Å². The van der Waals surface area contributed by atoms with Gasteiger partial charge in [0.25, 0.3) is 0 Å². The second-order valence-corrected chi connectivity index (χ2v) is 5.10. The van der Waals surface area contributed by atoms with Gasteiger partial charge in [-0.15, -0.1) is 0 Å². The molecule has 0 aliphatic carbocycles. The Hall–Kier alpha value is -1.62. The molecule has 0 fully saturated rings. The molecule has 2 aromatic heterocycles. The summed E-state index contributed by atoms with van der Waals surface area (Å²) in [5.74, 6) is 2.66. The number of nitrogens with zero attached hydrogens (tertiary/aromatic N) is 2. The van der Waals surface area contributed by atoms with Gasteiger partial charge in [-0.3, -0.25) is 0 Å². The largest absolute Gasteiger partial charge is 0.370 e. The maximum atomic E-state index is 4.50. The van der Waals surface area contributed by atoms with Crippen LogP contribution < -0.4 is 10.6 Å². The van der Waals surface area contributed by atoms with Gasteiger partial charge >= 0.3 is 0 Å². The van der Waals surface area contributed by atoms with E-state index < -0.39 is 0 Å². The van der Waals surface area contributed by atoms with Crippen LogP contribution in [-0.4, -0.2) is 16.5 Å². The van der Waals surface area contributed by atoms with Gasteiger partial charge < -0.3 is 10.6 Å². The second-order valence-electron chi connectivity index (χ2n) is 4.32. The maximum Gasteiger partial charge on any atom is 0.132 e. The fraction of sp³-hybridized carbons (Fsp3) is 0.429. The van der Waals surface area contributed by atoms with Crippen LogP contribution in [-0.2, 0) is 13.0 Å². The molecule has 0 saturated carbocycles. The summed E-state index contributed by atoms with van der Waals surface area (Å²) >= 11 is 1.71. The third kappa shape index (κ3) is 4.21. The normalized spacial score (nSPS) is 10.4. The van der Waals surface area contributed by atoms with Crippen molar-refractivity contribution in [2.75, 3.05) is 17.2 Å². The van der Waals surface area contributed by atoms with Crippen LogP contribution in [0.25, 0.3) is 0 Å². The van der Waals surface area contributed by atoms with Crippen LogP contribution in [0.1, 0.15) is 31.7 Å². The molecular formula is C14H20N4S. The lowest BCUT2D eigenvalue weighted by molar-refractivity contribution is 0.913. The average molecular weight is 276 g/mol. The van der Waals surface area contributed by atoms with E-state index in [9.17, 15) is 0 Å². The molecule has 0 radical (unpaired) electrons. The van der Waals surface area contributed by atoms with Crippen LogP contribution in [0.4, 0.5) is 11.6 Å². The van der Waals surface area contributed by atoms with Crippen molar-refractivity contribution in [2.45, 2.75) is 33.2 Å². The Bertz CT molecular complexity index is 496. The number of aryl methyl sites for hydroxylation is 1. The summed E-state index contributed by atoms with van der Waals surface area (Å²) in [4.78, 5) is 8.97. The maximum absolute atomic E-state index is 4.50. The molecule has 102 valence electrons. The minimum absolute atomic E-state index is 0.802. The van der Waals surface area contributed by atoms with Crippen molar-refractivity contribution < 1.29 is 0 Å². The number of anilines is 2. The highest BCUT2D eigenvalue weighted by molar-refractivity contribution is 7.07. The predicted molar refractivity (Wildman–Crippen MR) is 81.8 cm³/mol. The third-order valence-corrected chi connectivity index (χ3v) is 3.43. The number of hydrogen-bond donors (Lipinski definition) is 2. The van der Waals surface area contributed by atoms with Crippen molar-refractivity contribution in [1.82, 2.24) is 9.97 Å². The lowest BCUT2D eigenvalue weighted by Gasteiger charge is -2.10. The van der Waals surface area contributed by atoms with Crippen molar-refractivity contribution in [3.8, 4) is 0 Å². The molecule has 19 heavy (non-hydrogen) atoms. The van der Waals surface area contributed by atoms with Crippen molar-refractivity contribution in [2.24, 2.45) is 0 Å². The minimum Gasteiger partial charge on any atom is -0.370 e. The molecule has 2 rings (SSSR count). The lowest BCUT2D eigenvalue weighted by atomic mass is 10.3. The molecule has 0 spiro atoms. The Morgan fingerprint density at radius 3 is 2.58 bits per heavy atom. The first kappa shape index (κ1) is 13.8. The minimum atomic E-state index is 0.802. The molecule has 0 aliphatic rings. The van der Waals surface area contributed by atoms with Crippen LogP contribution in [0.5, 0.6) is 0 Å². The molecule has 2 heterocycles. The van der Waals surface area contributed by atoms with Gasteiger partial charge in [0.1, 0.15) is 17.5 Å². The van der Waals surface area contributed by atoms with E-state index in [0.29, 0.717) is 0 Å². The Labute approximate surface area is 118 Å². The molecule has 2 aromatic rings.